The molecule has 4 N–H and O–H groups in total. The number of aliphatic hydroxyl groups excluding tert-OH is 3. The molecule has 0 aliphatic carbocycles. The smallest absolute Gasteiger partial charge is 0.217 e. The summed E-state index contributed by atoms with van der Waals surface area (Å²) >= 11 is 0. The second-order valence-corrected chi connectivity index (χ2v) is 3.08. The van der Waals surface area contributed by atoms with Crippen LogP contribution in [0.15, 0.2) is 0 Å². The lowest BCUT2D eigenvalue weighted by molar-refractivity contribution is -0.128. The predicted octanol–water partition coefficient (Wildman–Crippen LogP) is -2.21. The largest absolute Gasteiger partial charge is 0.391 e. The summed E-state index contributed by atoms with van der Waals surface area (Å²) < 4.78 is 0. The van der Waals surface area contributed by atoms with Gasteiger partial charge in [0.25, 0.3) is 0 Å². The number of carbonyl (C=O) groups is 2. The summed E-state index contributed by atoms with van der Waals surface area (Å²) in [5.74, 6) is -0.501. The minimum atomic E-state index is -1.52. The zero-order valence-electron chi connectivity index (χ0n) is 8.04. The Kier molecular flexibility index (Phi) is 5.29. The molecular weight excluding hydrogens is 190 g/mol. The van der Waals surface area contributed by atoms with Gasteiger partial charge in [0, 0.05) is 6.92 Å². The third-order valence-electron chi connectivity index (χ3n) is 1.73. The van der Waals surface area contributed by atoms with Crippen LogP contribution in [0.4, 0.5) is 0 Å². The molecule has 4 atom stereocenters. The molecule has 6 nitrogen and oxygen atoms in total. The van der Waals surface area contributed by atoms with E-state index in [-0.39, 0.29) is 0 Å². The number of aliphatic hydroxyl groups is 3. The first-order valence-electron chi connectivity index (χ1n) is 4.16. The highest BCUT2D eigenvalue weighted by Gasteiger charge is 2.29. The molecule has 82 valence electrons. The quantitative estimate of drug-likeness (QED) is 0.381. The van der Waals surface area contributed by atoms with Gasteiger partial charge < -0.3 is 25.4 Å². The Morgan fingerprint density at radius 2 is 1.79 bits per heavy atom. The Hall–Kier alpha value is -0.980. The molecule has 0 unspecified atom stereocenters. The number of carbonyl (C=O) groups excluding carboxylic acids is 2. The molecule has 0 heterocycles. The molecule has 0 saturated heterocycles. The number of amides is 1. The Labute approximate surface area is 81.5 Å². The standard InChI is InChI=1S/C8H15NO5/c1-4(11)7(13)8(14)6(3-10)9-5(2)12/h3-4,6-8,11,13-14H,1-2H3,(H,9,12)/t4-,6-,7-,8-/m0/s1. The van der Waals surface area contributed by atoms with Gasteiger partial charge >= 0.3 is 0 Å². The molecule has 0 bridgehead atoms. The molecule has 0 aliphatic rings. The highest BCUT2D eigenvalue weighted by atomic mass is 16.4. The summed E-state index contributed by atoms with van der Waals surface area (Å²) in [5, 5.41) is 29.6. The predicted molar refractivity (Wildman–Crippen MR) is 47.4 cm³/mol. The first-order valence-corrected chi connectivity index (χ1v) is 4.16. The number of rotatable bonds is 5. The van der Waals surface area contributed by atoms with E-state index >= 15 is 0 Å². The van der Waals surface area contributed by atoms with Crippen molar-refractivity contribution in [3.63, 3.8) is 0 Å². The van der Waals surface area contributed by atoms with Crippen molar-refractivity contribution >= 4 is 12.2 Å². The first kappa shape index (κ1) is 13.0. The maximum absolute atomic E-state index is 10.6. The van der Waals surface area contributed by atoms with Crippen LogP contribution >= 0.6 is 0 Å². The van der Waals surface area contributed by atoms with E-state index in [1.54, 1.807) is 0 Å². The SMILES string of the molecule is CC(=O)N[C@@H](C=O)[C@H](O)[C@@H](O)[C@H](C)O. The maximum Gasteiger partial charge on any atom is 0.217 e. The molecule has 0 aliphatic heterocycles. The fourth-order valence-corrected chi connectivity index (χ4v) is 0.932. The second-order valence-electron chi connectivity index (χ2n) is 3.08. The van der Waals surface area contributed by atoms with Gasteiger partial charge in [-0.3, -0.25) is 4.79 Å². The average molecular weight is 205 g/mol. The van der Waals surface area contributed by atoms with E-state index in [1.165, 1.54) is 13.8 Å². The van der Waals surface area contributed by atoms with Crippen molar-refractivity contribution in [3.05, 3.63) is 0 Å². The Balaban J connectivity index is 4.36. The minimum absolute atomic E-state index is 0.303. The normalized spacial score (nSPS) is 19.2. The summed E-state index contributed by atoms with van der Waals surface area (Å²) in [6, 6.07) is -1.21. The molecule has 0 fully saturated rings. The van der Waals surface area contributed by atoms with Crippen molar-refractivity contribution < 1.29 is 24.9 Å². The van der Waals surface area contributed by atoms with Gasteiger partial charge in [0.05, 0.1) is 6.10 Å². The van der Waals surface area contributed by atoms with Crippen LogP contribution in [0.2, 0.25) is 0 Å². The van der Waals surface area contributed by atoms with Crippen molar-refractivity contribution in [3.8, 4) is 0 Å². The van der Waals surface area contributed by atoms with Crippen LogP contribution in [0.5, 0.6) is 0 Å². The van der Waals surface area contributed by atoms with Crippen molar-refractivity contribution in [1.29, 1.82) is 0 Å². The monoisotopic (exact) mass is 205 g/mol. The third-order valence-corrected chi connectivity index (χ3v) is 1.73. The van der Waals surface area contributed by atoms with E-state index in [4.69, 9.17) is 5.11 Å². The van der Waals surface area contributed by atoms with Gasteiger partial charge in [0.1, 0.15) is 24.5 Å². The highest BCUT2D eigenvalue weighted by Crippen LogP contribution is 2.03. The van der Waals surface area contributed by atoms with Gasteiger partial charge in [-0.1, -0.05) is 0 Å². The Morgan fingerprint density at radius 3 is 2.07 bits per heavy atom. The van der Waals surface area contributed by atoms with Crippen molar-refractivity contribution in [2.75, 3.05) is 0 Å². The molecule has 0 spiro atoms. The van der Waals surface area contributed by atoms with Gasteiger partial charge in [-0.15, -0.1) is 0 Å². The molecule has 0 aromatic heterocycles. The number of nitrogens with one attached hydrogen (secondary N) is 1. The number of hydrogen-bond donors (Lipinski definition) is 4. The minimum Gasteiger partial charge on any atom is -0.391 e. The van der Waals surface area contributed by atoms with Crippen LogP contribution in [0.3, 0.4) is 0 Å². The maximum atomic E-state index is 10.6. The Bertz CT molecular complexity index is 206. The van der Waals surface area contributed by atoms with Crippen LogP contribution < -0.4 is 5.32 Å². The van der Waals surface area contributed by atoms with Crippen molar-refractivity contribution in [2.24, 2.45) is 0 Å². The molecule has 0 rings (SSSR count). The van der Waals surface area contributed by atoms with Gasteiger partial charge in [-0.25, -0.2) is 0 Å². The molecular formula is C8H15NO5. The first-order chi connectivity index (χ1) is 6.40. The third kappa shape index (κ3) is 3.82. The summed E-state index contributed by atoms with van der Waals surface area (Å²) in [6.45, 7) is 2.45. The lowest BCUT2D eigenvalue weighted by atomic mass is 10.0. The average Bonchev–Trinajstić information content (AvgIpc) is 2.11. The van der Waals surface area contributed by atoms with Crippen LogP contribution in [0.1, 0.15) is 13.8 Å². The van der Waals surface area contributed by atoms with E-state index in [9.17, 15) is 19.8 Å². The molecule has 0 radical (unpaired) electrons. The Morgan fingerprint density at radius 1 is 1.29 bits per heavy atom. The lowest BCUT2D eigenvalue weighted by Crippen LogP contribution is -2.51. The lowest BCUT2D eigenvalue weighted by Gasteiger charge is -2.24. The molecule has 0 saturated carbocycles. The van der Waals surface area contributed by atoms with Crippen LogP contribution in [-0.4, -0.2) is 51.9 Å². The summed E-state index contributed by atoms with van der Waals surface area (Å²) in [6.07, 6.45) is -3.87. The summed E-state index contributed by atoms with van der Waals surface area (Å²) in [7, 11) is 0. The van der Waals surface area contributed by atoms with Crippen LogP contribution in [0, 0.1) is 0 Å². The number of aldehydes is 1. The van der Waals surface area contributed by atoms with E-state index in [0.29, 0.717) is 6.29 Å². The highest BCUT2D eigenvalue weighted by molar-refractivity contribution is 5.77. The fourth-order valence-electron chi connectivity index (χ4n) is 0.932. The molecule has 0 aromatic rings. The molecule has 14 heavy (non-hydrogen) atoms. The van der Waals surface area contributed by atoms with Gasteiger partial charge in [-0.05, 0) is 6.92 Å². The van der Waals surface area contributed by atoms with E-state index in [0.717, 1.165) is 0 Å². The fraction of sp³-hybridized carbons (Fsp3) is 0.750. The molecule has 1 amide bonds. The second kappa shape index (κ2) is 5.69. The van der Waals surface area contributed by atoms with E-state index in [2.05, 4.69) is 5.32 Å². The summed E-state index contributed by atoms with van der Waals surface area (Å²) in [4.78, 5) is 21.0. The summed E-state index contributed by atoms with van der Waals surface area (Å²) in [5.41, 5.74) is 0. The van der Waals surface area contributed by atoms with Crippen molar-refractivity contribution in [2.45, 2.75) is 38.2 Å². The number of hydrogen-bond acceptors (Lipinski definition) is 5. The topological polar surface area (TPSA) is 107 Å². The van der Waals surface area contributed by atoms with E-state index in [1.807, 2.05) is 0 Å². The van der Waals surface area contributed by atoms with Crippen LogP contribution in [-0.2, 0) is 9.59 Å². The van der Waals surface area contributed by atoms with Gasteiger partial charge in [0.15, 0.2) is 0 Å². The van der Waals surface area contributed by atoms with Gasteiger partial charge in [0.2, 0.25) is 5.91 Å². The van der Waals surface area contributed by atoms with Gasteiger partial charge in [-0.2, -0.15) is 0 Å². The molecule has 6 heteroatoms. The molecule has 0 aromatic carbocycles. The zero-order valence-corrected chi connectivity index (χ0v) is 8.04. The van der Waals surface area contributed by atoms with Crippen molar-refractivity contribution in [1.82, 2.24) is 5.32 Å². The zero-order chi connectivity index (χ0) is 11.3. The van der Waals surface area contributed by atoms with Crippen LogP contribution in [0.25, 0.3) is 0 Å². The van der Waals surface area contributed by atoms with E-state index < -0.39 is 30.3 Å².